The molecule has 2 aromatic rings. The van der Waals surface area contributed by atoms with E-state index in [1.165, 1.54) is 12.1 Å². The summed E-state index contributed by atoms with van der Waals surface area (Å²) >= 11 is 18.4. The molecule has 2 aromatic carbocycles. The molecule has 0 atom stereocenters. The van der Waals surface area contributed by atoms with Crippen LogP contribution >= 0.6 is 47.2 Å². The van der Waals surface area contributed by atoms with Crippen molar-refractivity contribution in [1.29, 1.82) is 0 Å². The molecule has 8 heteroatoms. The molecule has 0 aliphatic carbocycles. The predicted molar refractivity (Wildman–Crippen MR) is 104 cm³/mol. The zero-order valence-corrected chi connectivity index (χ0v) is 15.7. The Labute approximate surface area is 163 Å². The molecule has 0 spiro atoms. The molecule has 1 N–H and O–H groups in total. The summed E-state index contributed by atoms with van der Waals surface area (Å²) < 4.78 is 19.2. The highest BCUT2D eigenvalue weighted by molar-refractivity contribution is 8.26. The summed E-state index contributed by atoms with van der Waals surface area (Å²) in [6, 6.07) is 9.15. The Morgan fingerprint density at radius 2 is 1.96 bits per heavy atom. The van der Waals surface area contributed by atoms with Crippen molar-refractivity contribution in [3.05, 3.63) is 68.3 Å². The van der Waals surface area contributed by atoms with Crippen molar-refractivity contribution in [1.82, 2.24) is 5.32 Å². The fourth-order valence-electron chi connectivity index (χ4n) is 2.14. The molecule has 1 aliphatic heterocycles. The minimum Gasteiger partial charge on any atom is -0.487 e. The van der Waals surface area contributed by atoms with Gasteiger partial charge in [0, 0.05) is 10.6 Å². The van der Waals surface area contributed by atoms with Gasteiger partial charge >= 0.3 is 0 Å². The topological polar surface area (TPSA) is 38.3 Å². The van der Waals surface area contributed by atoms with Crippen molar-refractivity contribution in [2.75, 3.05) is 0 Å². The molecule has 0 unspecified atom stereocenters. The SMILES string of the molecule is O=C1NC(=S)S/C1=C/c1cc(Cl)cc(Cl)c1OCc1ccc(F)cc1. The molecule has 25 heavy (non-hydrogen) atoms. The number of carbonyl (C=O) groups is 1. The van der Waals surface area contributed by atoms with Gasteiger partial charge in [0.25, 0.3) is 5.91 Å². The lowest BCUT2D eigenvalue weighted by Gasteiger charge is -2.12. The molecule has 1 aliphatic rings. The van der Waals surface area contributed by atoms with Crippen LogP contribution in [0.25, 0.3) is 6.08 Å². The molecule has 0 aromatic heterocycles. The monoisotopic (exact) mass is 413 g/mol. The van der Waals surface area contributed by atoms with E-state index >= 15 is 0 Å². The number of benzene rings is 2. The number of hydrogen-bond donors (Lipinski definition) is 1. The highest BCUT2D eigenvalue weighted by Gasteiger charge is 2.23. The Hall–Kier alpha value is -1.60. The third kappa shape index (κ3) is 4.52. The summed E-state index contributed by atoms with van der Waals surface area (Å²) in [6.45, 7) is 0.190. The first kappa shape index (κ1) is 18.2. The zero-order chi connectivity index (χ0) is 18.0. The number of carbonyl (C=O) groups excluding carboxylic acids is 1. The molecular formula is C17H10Cl2FNO2S2. The van der Waals surface area contributed by atoms with E-state index in [0.29, 0.717) is 30.6 Å². The van der Waals surface area contributed by atoms with Gasteiger partial charge in [-0.1, -0.05) is 59.3 Å². The second-order valence-electron chi connectivity index (χ2n) is 5.07. The Morgan fingerprint density at radius 3 is 2.60 bits per heavy atom. The van der Waals surface area contributed by atoms with Crippen molar-refractivity contribution < 1.29 is 13.9 Å². The van der Waals surface area contributed by atoms with E-state index in [1.54, 1.807) is 30.3 Å². The van der Waals surface area contributed by atoms with Gasteiger partial charge in [-0.25, -0.2) is 4.39 Å². The third-order valence-corrected chi connectivity index (χ3v) is 4.92. The van der Waals surface area contributed by atoms with Crippen LogP contribution in [0.1, 0.15) is 11.1 Å². The summed E-state index contributed by atoms with van der Waals surface area (Å²) in [5, 5.41) is 3.27. The largest absolute Gasteiger partial charge is 0.487 e. The number of nitrogens with one attached hydrogen (secondary N) is 1. The van der Waals surface area contributed by atoms with Crippen molar-refractivity contribution in [2.24, 2.45) is 0 Å². The molecule has 1 amide bonds. The van der Waals surface area contributed by atoms with Gasteiger partial charge in [0.05, 0.1) is 9.93 Å². The fourth-order valence-corrected chi connectivity index (χ4v) is 3.74. The Balaban J connectivity index is 1.90. The van der Waals surface area contributed by atoms with Crippen LogP contribution in [0.5, 0.6) is 5.75 Å². The quantitative estimate of drug-likeness (QED) is 0.551. The van der Waals surface area contributed by atoms with Gasteiger partial charge in [0.2, 0.25) is 0 Å². The van der Waals surface area contributed by atoms with Crippen LogP contribution in [0.15, 0.2) is 41.3 Å². The third-order valence-electron chi connectivity index (χ3n) is 3.26. The van der Waals surface area contributed by atoms with Gasteiger partial charge < -0.3 is 10.1 Å². The Kier molecular flexibility index (Phi) is 5.64. The maximum atomic E-state index is 13.0. The fraction of sp³-hybridized carbons (Fsp3) is 0.0588. The lowest BCUT2D eigenvalue weighted by molar-refractivity contribution is -0.115. The lowest BCUT2D eigenvalue weighted by atomic mass is 10.1. The number of thiocarbonyl (C=S) groups is 1. The molecule has 3 nitrogen and oxygen atoms in total. The van der Waals surface area contributed by atoms with Gasteiger partial charge in [0.1, 0.15) is 22.5 Å². The molecule has 1 saturated heterocycles. The molecule has 0 bridgehead atoms. The zero-order valence-electron chi connectivity index (χ0n) is 12.5. The van der Waals surface area contributed by atoms with E-state index in [-0.39, 0.29) is 18.3 Å². The Morgan fingerprint density at radius 1 is 1.24 bits per heavy atom. The highest BCUT2D eigenvalue weighted by Crippen LogP contribution is 2.36. The van der Waals surface area contributed by atoms with Crippen molar-refractivity contribution in [3.8, 4) is 5.75 Å². The number of ether oxygens (including phenoxy) is 1. The van der Waals surface area contributed by atoms with Crippen molar-refractivity contribution in [3.63, 3.8) is 0 Å². The second kappa shape index (κ2) is 7.74. The predicted octanol–water partition coefficient (Wildman–Crippen LogP) is 5.20. The van der Waals surface area contributed by atoms with E-state index in [4.69, 9.17) is 40.2 Å². The Bertz CT molecular complexity index is 885. The van der Waals surface area contributed by atoms with Crippen LogP contribution in [0.2, 0.25) is 10.0 Å². The smallest absolute Gasteiger partial charge is 0.263 e. The summed E-state index contributed by atoms with van der Waals surface area (Å²) in [5.74, 6) is -0.219. The lowest BCUT2D eigenvalue weighted by Crippen LogP contribution is -2.17. The average Bonchev–Trinajstić information content (AvgIpc) is 2.85. The standard InChI is InChI=1S/C17H10Cl2FNO2S2/c18-11-5-10(6-14-16(22)21-17(24)25-14)15(13(19)7-11)23-8-9-1-3-12(20)4-2-9/h1-7H,8H2,(H,21,22,24)/b14-6+. The first-order chi connectivity index (χ1) is 11.9. The first-order valence-electron chi connectivity index (χ1n) is 7.03. The summed E-state index contributed by atoms with van der Waals surface area (Å²) in [6.07, 6.45) is 1.62. The van der Waals surface area contributed by atoms with Gasteiger partial charge in [-0.2, -0.15) is 0 Å². The summed E-state index contributed by atoms with van der Waals surface area (Å²) in [4.78, 5) is 12.3. The number of thioether (sulfide) groups is 1. The van der Waals surface area contributed by atoms with E-state index in [9.17, 15) is 9.18 Å². The van der Waals surface area contributed by atoms with Crippen LogP contribution < -0.4 is 10.1 Å². The maximum absolute atomic E-state index is 13.0. The number of rotatable bonds is 4. The van der Waals surface area contributed by atoms with Gasteiger partial charge in [-0.3, -0.25) is 4.79 Å². The van der Waals surface area contributed by atoms with E-state index in [2.05, 4.69) is 5.32 Å². The number of hydrogen-bond acceptors (Lipinski definition) is 4. The van der Waals surface area contributed by atoms with Crippen LogP contribution in [-0.4, -0.2) is 10.2 Å². The molecule has 1 fully saturated rings. The molecule has 1 heterocycles. The van der Waals surface area contributed by atoms with Crippen molar-refractivity contribution in [2.45, 2.75) is 6.61 Å². The van der Waals surface area contributed by atoms with Gasteiger partial charge in [-0.05, 0) is 35.9 Å². The molecule has 3 rings (SSSR count). The van der Waals surface area contributed by atoms with E-state index in [0.717, 1.165) is 17.3 Å². The minimum atomic E-state index is -0.320. The van der Waals surface area contributed by atoms with Crippen molar-refractivity contribution >= 4 is 63.5 Å². The van der Waals surface area contributed by atoms with Gasteiger partial charge in [-0.15, -0.1) is 0 Å². The second-order valence-corrected chi connectivity index (χ2v) is 7.64. The summed E-state index contributed by atoms with van der Waals surface area (Å²) in [7, 11) is 0. The average molecular weight is 414 g/mol. The minimum absolute atomic E-state index is 0.190. The van der Waals surface area contributed by atoms with E-state index < -0.39 is 0 Å². The number of halogens is 3. The normalized spacial score (nSPS) is 15.6. The first-order valence-corrected chi connectivity index (χ1v) is 9.01. The van der Waals surface area contributed by atoms with Crippen LogP contribution in [0.4, 0.5) is 4.39 Å². The van der Waals surface area contributed by atoms with E-state index in [1.807, 2.05) is 0 Å². The number of amides is 1. The molecule has 0 radical (unpaired) electrons. The highest BCUT2D eigenvalue weighted by atomic mass is 35.5. The molecule has 128 valence electrons. The van der Waals surface area contributed by atoms with Gasteiger partial charge in [0.15, 0.2) is 0 Å². The molecule has 0 saturated carbocycles. The van der Waals surface area contributed by atoms with Crippen LogP contribution in [0, 0.1) is 5.82 Å². The summed E-state index contributed by atoms with van der Waals surface area (Å²) in [5.41, 5.74) is 1.34. The molecular weight excluding hydrogens is 404 g/mol. The maximum Gasteiger partial charge on any atom is 0.263 e. The van der Waals surface area contributed by atoms with Crippen LogP contribution in [0.3, 0.4) is 0 Å². The van der Waals surface area contributed by atoms with Crippen LogP contribution in [-0.2, 0) is 11.4 Å².